The van der Waals surface area contributed by atoms with Gasteiger partial charge in [-0.2, -0.15) is 5.26 Å². The Hall–Kier alpha value is -2.73. The Morgan fingerprint density at radius 3 is 2.74 bits per heavy atom. The van der Waals surface area contributed by atoms with Crippen LogP contribution in [0.1, 0.15) is 5.56 Å². The second kappa shape index (κ2) is 9.18. The van der Waals surface area contributed by atoms with E-state index in [2.05, 4.69) is 51.3 Å². The van der Waals surface area contributed by atoms with Crippen molar-refractivity contribution in [2.45, 2.75) is 32.4 Å². The first-order chi connectivity index (χ1) is 15.0. The predicted molar refractivity (Wildman–Crippen MR) is 125 cm³/mol. The van der Waals surface area contributed by atoms with Gasteiger partial charge in [0.1, 0.15) is 24.5 Å². The molecular weight excluding hydrogens is 406 g/mol. The van der Waals surface area contributed by atoms with Crippen molar-refractivity contribution >= 4 is 24.9 Å². The zero-order valence-electron chi connectivity index (χ0n) is 18.5. The highest BCUT2D eigenvalue weighted by atomic mass is 28.3. The van der Waals surface area contributed by atoms with Gasteiger partial charge in [0.25, 0.3) is 0 Å². The fourth-order valence-electron chi connectivity index (χ4n) is 3.74. The van der Waals surface area contributed by atoms with Crippen LogP contribution in [0.2, 0.25) is 25.7 Å². The predicted octanol–water partition coefficient (Wildman–Crippen LogP) is 4.12. The molecule has 1 aliphatic rings. The summed E-state index contributed by atoms with van der Waals surface area (Å²) in [4.78, 5) is 11.5. The third kappa shape index (κ3) is 4.96. The molecule has 8 heteroatoms. The topological polar surface area (TPSA) is 76.2 Å². The van der Waals surface area contributed by atoms with E-state index in [1.54, 1.807) is 6.33 Å². The Morgan fingerprint density at radius 1 is 1.19 bits per heavy atom. The van der Waals surface area contributed by atoms with Crippen molar-refractivity contribution in [1.29, 1.82) is 5.26 Å². The fourth-order valence-corrected chi connectivity index (χ4v) is 4.49. The van der Waals surface area contributed by atoms with Gasteiger partial charge in [-0.25, -0.2) is 9.97 Å². The lowest BCUT2D eigenvalue weighted by molar-refractivity contribution is 0.0899. The first kappa shape index (κ1) is 21.5. The average Bonchev–Trinajstić information content (AvgIpc) is 3.15. The number of benzene rings is 1. The summed E-state index contributed by atoms with van der Waals surface area (Å²) in [5, 5.41) is 10.4. The average molecular weight is 436 g/mol. The molecule has 0 radical (unpaired) electrons. The van der Waals surface area contributed by atoms with Crippen molar-refractivity contribution in [2.75, 3.05) is 37.8 Å². The summed E-state index contributed by atoms with van der Waals surface area (Å²) < 4.78 is 13.6. The van der Waals surface area contributed by atoms with E-state index in [1.165, 1.54) is 0 Å². The van der Waals surface area contributed by atoms with Gasteiger partial charge in [0.15, 0.2) is 0 Å². The molecule has 0 N–H and O–H groups in total. The molecule has 0 spiro atoms. The number of hydrogen-bond donors (Lipinski definition) is 0. The second-order valence-corrected chi connectivity index (χ2v) is 14.7. The van der Waals surface area contributed by atoms with Gasteiger partial charge in [-0.3, -0.25) is 0 Å². The Kier molecular flexibility index (Phi) is 6.37. The SMILES string of the molecule is C[Si](C)(C)CCOCn1cc(-c2cccc(C#N)c2)c2c(N3CCOCC3)ncnc21. The number of rotatable bonds is 7. The van der Waals surface area contributed by atoms with Crippen LogP contribution in [0, 0.1) is 11.3 Å². The maximum Gasteiger partial charge on any atom is 0.148 e. The van der Waals surface area contributed by atoms with Crippen molar-refractivity contribution in [2.24, 2.45) is 0 Å². The maximum atomic E-state index is 9.38. The molecule has 1 aliphatic heterocycles. The minimum Gasteiger partial charge on any atom is -0.378 e. The molecule has 0 bridgehead atoms. The molecule has 162 valence electrons. The third-order valence-corrected chi connectivity index (χ3v) is 7.18. The third-order valence-electron chi connectivity index (χ3n) is 5.47. The summed E-state index contributed by atoms with van der Waals surface area (Å²) in [5.74, 6) is 0.909. The first-order valence-corrected chi connectivity index (χ1v) is 14.4. The lowest BCUT2D eigenvalue weighted by Gasteiger charge is -2.28. The summed E-state index contributed by atoms with van der Waals surface area (Å²) in [5.41, 5.74) is 3.48. The number of fused-ring (bicyclic) bond motifs is 1. The molecule has 0 saturated carbocycles. The molecule has 0 unspecified atom stereocenters. The van der Waals surface area contributed by atoms with Gasteiger partial charge < -0.3 is 18.9 Å². The fraction of sp³-hybridized carbons (Fsp3) is 0.435. The van der Waals surface area contributed by atoms with Crippen LogP contribution in [0.3, 0.4) is 0 Å². The Morgan fingerprint density at radius 2 is 2.00 bits per heavy atom. The number of nitriles is 1. The number of ether oxygens (including phenoxy) is 2. The van der Waals surface area contributed by atoms with Crippen molar-refractivity contribution < 1.29 is 9.47 Å². The zero-order chi connectivity index (χ0) is 21.8. The van der Waals surface area contributed by atoms with Crippen LogP contribution in [0.4, 0.5) is 5.82 Å². The highest BCUT2D eigenvalue weighted by Crippen LogP contribution is 2.36. The van der Waals surface area contributed by atoms with Gasteiger partial charge in [-0.1, -0.05) is 31.8 Å². The van der Waals surface area contributed by atoms with E-state index in [0.717, 1.165) is 53.7 Å². The quantitative estimate of drug-likeness (QED) is 0.410. The number of anilines is 1. The van der Waals surface area contributed by atoms with Crippen molar-refractivity contribution in [3.8, 4) is 17.2 Å². The minimum absolute atomic E-state index is 0.443. The van der Waals surface area contributed by atoms with Crippen molar-refractivity contribution in [3.05, 3.63) is 42.4 Å². The summed E-state index contributed by atoms with van der Waals surface area (Å²) in [6, 6.07) is 11.0. The molecule has 1 aromatic carbocycles. The Labute approximate surface area is 184 Å². The van der Waals surface area contributed by atoms with Gasteiger partial charge in [-0.05, 0) is 23.7 Å². The van der Waals surface area contributed by atoms with Crippen LogP contribution in [-0.4, -0.2) is 55.5 Å². The number of nitrogens with zero attached hydrogens (tertiary/aromatic N) is 5. The molecule has 1 fully saturated rings. The molecule has 0 amide bonds. The smallest absolute Gasteiger partial charge is 0.148 e. The van der Waals surface area contributed by atoms with Gasteiger partial charge >= 0.3 is 0 Å². The van der Waals surface area contributed by atoms with Crippen molar-refractivity contribution in [1.82, 2.24) is 14.5 Å². The lowest BCUT2D eigenvalue weighted by Crippen LogP contribution is -2.36. The van der Waals surface area contributed by atoms with Crippen LogP contribution in [0.15, 0.2) is 36.8 Å². The first-order valence-electron chi connectivity index (χ1n) is 10.7. The van der Waals surface area contributed by atoms with Gasteiger partial charge in [0.2, 0.25) is 0 Å². The van der Waals surface area contributed by atoms with Crippen LogP contribution in [-0.2, 0) is 16.2 Å². The van der Waals surface area contributed by atoms with E-state index in [0.29, 0.717) is 25.5 Å². The summed E-state index contributed by atoms with van der Waals surface area (Å²) in [6.07, 6.45) is 3.70. The van der Waals surface area contributed by atoms with E-state index in [4.69, 9.17) is 9.47 Å². The van der Waals surface area contributed by atoms with Crippen LogP contribution < -0.4 is 4.90 Å². The standard InChI is InChI=1S/C23H29N5O2Si/c1-31(2,3)12-11-30-17-28-15-20(19-6-4-5-18(13-19)14-24)21-22(25-16-26-23(21)28)27-7-9-29-10-8-27/h4-6,13,15-16H,7-12,17H2,1-3H3. The Bertz CT molecular complexity index is 1090. The van der Waals surface area contributed by atoms with E-state index in [-0.39, 0.29) is 0 Å². The molecule has 0 atom stereocenters. The van der Waals surface area contributed by atoms with Crippen LogP contribution in [0.5, 0.6) is 0 Å². The van der Waals surface area contributed by atoms with E-state index in [1.807, 2.05) is 24.3 Å². The molecule has 3 heterocycles. The molecular formula is C23H29N5O2Si. The number of hydrogen-bond acceptors (Lipinski definition) is 6. The highest BCUT2D eigenvalue weighted by molar-refractivity contribution is 6.76. The van der Waals surface area contributed by atoms with Crippen molar-refractivity contribution in [3.63, 3.8) is 0 Å². The molecule has 31 heavy (non-hydrogen) atoms. The lowest BCUT2D eigenvalue weighted by atomic mass is 10.0. The minimum atomic E-state index is -1.15. The molecule has 7 nitrogen and oxygen atoms in total. The van der Waals surface area contributed by atoms with E-state index in [9.17, 15) is 5.26 Å². The van der Waals surface area contributed by atoms with Crippen LogP contribution in [0.25, 0.3) is 22.2 Å². The summed E-state index contributed by atoms with van der Waals surface area (Å²) in [6.45, 7) is 11.2. The second-order valence-electron chi connectivity index (χ2n) is 9.05. The maximum absolute atomic E-state index is 9.38. The van der Waals surface area contributed by atoms with Gasteiger partial charge in [0, 0.05) is 39.5 Å². The van der Waals surface area contributed by atoms with Gasteiger partial charge in [0.05, 0.1) is 30.2 Å². The highest BCUT2D eigenvalue weighted by Gasteiger charge is 2.22. The molecule has 4 rings (SSSR count). The van der Waals surface area contributed by atoms with E-state index >= 15 is 0 Å². The molecule has 3 aromatic rings. The molecule has 0 aliphatic carbocycles. The van der Waals surface area contributed by atoms with Crippen LogP contribution >= 0.6 is 0 Å². The summed E-state index contributed by atoms with van der Waals surface area (Å²) in [7, 11) is -1.15. The summed E-state index contributed by atoms with van der Waals surface area (Å²) >= 11 is 0. The zero-order valence-corrected chi connectivity index (χ0v) is 19.5. The monoisotopic (exact) mass is 435 g/mol. The number of aromatic nitrogens is 3. The molecule has 2 aromatic heterocycles. The Balaban J connectivity index is 1.75. The van der Waals surface area contributed by atoms with E-state index < -0.39 is 8.07 Å². The normalized spacial score (nSPS) is 14.7. The number of morpholine rings is 1. The van der Waals surface area contributed by atoms with Gasteiger partial charge in [-0.15, -0.1) is 0 Å². The largest absolute Gasteiger partial charge is 0.378 e. The molecule has 1 saturated heterocycles.